The van der Waals surface area contributed by atoms with E-state index in [9.17, 15) is 0 Å². The predicted molar refractivity (Wildman–Crippen MR) is 77.7 cm³/mol. The van der Waals surface area contributed by atoms with Crippen molar-refractivity contribution < 1.29 is 4.74 Å². The van der Waals surface area contributed by atoms with Crippen molar-refractivity contribution in [3.63, 3.8) is 0 Å². The molecule has 1 N–H and O–H groups in total. The maximum Gasteiger partial charge on any atom is 0.143 e. The minimum absolute atomic E-state index is 0.558. The van der Waals surface area contributed by atoms with Crippen LogP contribution in [0.2, 0.25) is 0 Å². The first-order valence-electron chi connectivity index (χ1n) is 5.62. The zero-order chi connectivity index (χ0) is 13.8. The Hall–Kier alpha value is -2.06. The van der Waals surface area contributed by atoms with E-state index in [1.165, 1.54) is 0 Å². The Labute approximate surface area is 120 Å². The van der Waals surface area contributed by atoms with Gasteiger partial charge in [0.25, 0.3) is 0 Å². The quantitative estimate of drug-likeness (QED) is 0.936. The molecule has 2 aromatic rings. The highest BCUT2D eigenvalue weighted by atomic mass is 79.9. The molecule has 1 heterocycles. The Bertz CT molecular complexity index is 650. The minimum Gasteiger partial charge on any atom is -0.495 e. The molecule has 0 fully saturated rings. The van der Waals surface area contributed by atoms with E-state index < -0.39 is 0 Å². The number of benzene rings is 1. The molecule has 19 heavy (non-hydrogen) atoms. The van der Waals surface area contributed by atoms with Crippen LogP contribution in [0.25, 0.3) is 0 Å². The molecule has 4 nitrogen and oxygen atoms in total. The Balaban J connectivity index is 2.32. The average Bonchev–Trinajstić information content (AvgIpc) is 2.43. The van der Waals surface area contributed by atoms with Gasteiger partial charge in [-0.1, -0.05) is 0 Å². The number of methoxy groups -OCH3 is 1. The van der Waals surface area contributed by atoms with E-state index >= 15 is 0 Å². The average molecular weight is 318 g/mol. The van der Waals surface area contributed by atoms with Gasteiger partial charge < -0.3 is 10.1 Å². The summed E-state index contributed by atoms with van der Waals surface area (Å²) in [6.45, 7) is 1.92. The number of nitrogens with zero attached hydrogens (tertiary/aromatic N) is 2. The Morgan fingerprint density at radius 1 is 1.32 bits per heavy atom. The lowest BCUT2D eigenvalue weighted by molar-refractivity contribution is 0.416. The van der Waals surface area contributed by atoms with Crippen molar-refractivity contribution in [1.82, 2.24) is 4.98 Å². The Morgan fingerprint density at radius 3 is 2.74 bits per heavy atom. The number of hydrogen-bond acceptors (Lipinski definition) is 4. The number of halogens is 1. The summed E-state index contributed by atoms with van der Waals surface area (Å²) in [6.07, 6.45) is 0. The third-order valence-electron chi connectivity index (χ3n) is 2.61. The molecule has 0 spiro atoms. The molecule has 0 aliphatic carbocycles. The molecule has 1 aromatic carbocycles. The van der Waals surface area contributed by atoms with Crippen molar-refractivity contribution >= 4 is 27.4 Å². The molecule has 96 valence electrons. The van der Waals surface area contributed by atoms with Crippen LogP contribution in [0.15, 0.2) is 34.8 Å². The molecule has 0 radical (unpaired) electrons. The summed E-state index contributed by atoms with van der Waals surface area (Å²) in [5.74, 6) is 1.34. The van der Waals surface area contributed by atoms with Crippen molar-refractivity contribution in [2.75, 3.05) is 12.4 Å². The predicted octanol–water partition coefficient (Wildman–Crippen LogP) is 3.78. The van der Waals surface area contributed by atoms with Gasteiger partial charge in [0.2, 0.25) is 0 Å². The van der Waals surface area contributed by atoms with E-state index in [1.54, 1.807) is 25.3 Å². The number of pyridine rings is 1. The lowest BCUT2D eigenvalue weighted by atomic mass is 10.2. The largest absolute Gasteiger partial charge is 0.495 e. The first kappa shape index (κ1) is 13.4. The summed E-state index contributed by atoms with van der Waals surface area (Å²) in [5, 5.41) is 12.0. The van der Waals surface area contributed by atoms with Crippen LogP contribution in [0.1, 0.15) is 11.3 Å². The lowest BCUT2D eigenvalue weighted by Gasteiger charge is -2.11. The Kier molecular flexibility index (Phi) is 4.03. The number of ether oxygens (including phenoxy) is 1. The first-order valence-corrected chi connectivity index (χ1v) is 6.41. The van der Waals surface area contributed by atoms with Crippen LogP contribution in [0.4, 0.5) is 11.5 Å². The second-order valence-corrected chi connectivity index (χ2v) is 4.77. The van der Waals surface area contributed by atoms with Gasteiger partial charge >= 0.3 is 0 Å². The fourth-order valence-corrected chi connectivity index (χ4v) is 1.84. The van der Waals surface area contributed by atoms with Crippen LogP contribution in [-0.2, 0) is 0 Å². The van der Waals surface area contributed by atoms with Crippen molar-refractivity contribution in [3.8, 4) is 11.8 Å². The van der Waals surface area contributed by atoms with Crippen LogP contribution < -0.4 is 10.1 Å². The van der Waals surface area contributed by atoms with E-state index in [4.69, 9.17) is 10.00 Å². The van der Waals surface area contributed by atoms with E-state index in [1.807, 2.05) is 19.1 Å². The smallest absolute Gasteiger partial charge is 0.143 e. The number of hydrogen-bond donors (Lipinski definition) is 1. The van der Waals surface area contributed by atoms with Gasteiger partial charge in [-0.25, -0.2) is 4.98 Å². The minimum atomic E-state index is 0.558. The van der Waals surface area contributed by atoms with E-state index in [2.05, 4.69) is 32.3 Å². The highest BCUT2D eigenvalue weighted by molar-refractivity contribution is 9.10. The summed E-state index contributed by atoms with van der Waals surface area (Å²) < 4.78 is 6.23. The maximum atomic E-state index is 8.86. The SMILES string of the molecule is COc1cc(C#N)ccc1Nc1ccc(Br)c(C)n1. The molecule has 0 saturated heterocycles. The molecular weight excluding hydrogens is 306 g/mol. The molecule has 0 bridgehead atoms. The van der Waals surface area contributed by atoms with Gasteiger partial charge in [0, 0.05) is 10.5 Å². The third-order valence-corrected chi connectivity index (χ3v) is 3.45. The summed E-state index contributed by atoms with van der Waals surface area (Å²) in [5.41, 5.74) is 2.23. The zero-order valence-corrected chi connectivity index (χ0v) is 12.2. The normalized spacial score (nSPS) is 9.79. The fourth-order valence-electron chi connectivity index (χ4n) is 1.62. The fraction of sp³-hybridized carbons (Fsp3) is 0.143. The topological polar surface area (TPSA) is 57.9 Å². The van der Waals surface area contributed by atoms with E-state index in [0.717, 1.165) is 21.7 Å². The summed E-state index contributed by atoms with van der Waals surface area (Å²) >= 11 is 3.41. The lowest BCUT2D eigenvalue weighted by Crippen LogP contribution is -1.98. The number of aryl methyl sites for hydroxylation is 1. The summed E-state index contributed by atoms with van der Waals surface area (Å²) in [4.78, 5) is 4.41. The van der Waals surface area contributed by atoms with Crippen LogP contribution in [0, 0.1) is 18.3 Å². The van der Waals surface area contributed by atoms with Crippen LogP contribution >= 0.6 is 15.9 Å². The number of nitrogens with one attached hydrogen (secondary N) is 1. The van der Waals surface area contributed by atoms with Gasteiger partial charge in [-0.3, -0.25) is 0 Å². The van der Waals surface area contributed by atoms with E-state index in [0.29, 0.717) is 11.3 Å². The molecule has 0 saturated carbocycles. The van der Waals surface area contributed by atoms with Crippen molar-refractivity contribution in [2.24, 2.45) is 0 Å². The third kappa shape index (κ3) is 3.04. The van der Waals surface area contributed by atoms with Gasteiger partial charge in [-0.15, -0.1) is 0 Å². The van der Waals surface area contributed by atoms with Gasteiger partial charge in [0.1, 0.15) is 11.6 Å². The van der Waals surface area contributed by atoms with Crippen LogP contribution in [0.5, 0.6) is 5.75 Å². The first-order chi connectivity index (χ1) is 9.13. The van der Waals surface area contributed by atoms with Crippen LogP contribution in [-0.4, -0.2) is 12.1 Å². The Morgan fingerprint density at radius 2 is 2.11 bits per heavy atom. The summed E-state index contributed by atoms with van der Waals surface area (Å²) in [6, 6.07) is 11.1. The van der Waals surface area contributed by atoms with Crippen LogP contribution in [0.3, 0.4) is 0 Å². The van der Waals surface area contributed by atoms with E-state index in [-0.39, 0.29) is 0 Å². The molecule has 1 aromatic heterocycles. The summed E-state index contributed by atoms with van der Waals surface area (Å²) in [7, 11) is 1.57. The van der Waals surface area contributed by atoms with Crippen molar-refractivity contribution in [1.29, 1.82) is 5.26 Å². The number of rotatable bonds is 3. The monoisotopic (exact) mass is 317 g/mol. The maximum absolute atomic E-state index is 8.86. The van der Waals surface area contributed by atoms with Crippen molar-refractivity contribution in [2.45, 2.75) is 6.92 Å². The number of anilines is 2. The second-order valence-electron chi connectivity index (χ2n) is 3.92. The van der Waals surface area contributed by atoms with Gasteiger partial charge in [-0.2, -0.15) is 5.26 Å². The van der Waals surface area contributed by atoms with Crippen molar-refractivity contribution in [3.05, 3.63) is 46.1 Å². The molecule has 0 amide bonds. The van der Waals surface area contributed by atoms with Gasteiger partial charge in [0.05, 0.1) is 30.1 Å². The molecule has 5 heteroatoms. The zero-order valence-electron chi connectivity index (χ0n) is 10.6. The molecule has 0 aliphatic heterocycles. The van der Waals surface area contributed by atoms with Gasteiger partial charge in [-0.05, 0) is 47.1 Å². The molecular formula is C14H12BrN3O. The molecule has 2 rings (SSSR count). The standard InChI is InChI=1S/C14H12BrN3O/c1-9-11(15)4-6-14(17-9)18-12-5-3-10(8-16)7-13(12)19-2/h3-7H,1-2H3,(H,17,18). The number of nitriles is 1. The molecule has 0 unspecified atom stereocenters. The highest BCUT2D eigenvalue weighted by Gasteiger charge is 2.06. The number of aromatic nitrogens is 1. The van der Waals surface area contributed by atoms with Gasteiger partial charge in [0.15, 0.2) is 0 Å². The highest BCUT2D eigenvalue weighted by Crippen LogP contribution is 2.28. The molecule has 0 atom stereocenters. The second kappa shape index (κ2) is 5.72. The molecule has 0 aliphatic rings.